The Morgan fingerprint density at radius 3 is 2.80 bits per heavy atom. The Morgan fingerprint density at radius 1 is 1.47 bits per heavy atom. The summed E-state index contributed by atoms with van der Waals surface area (Å²) in [5.74, 6) is -0.0822. The summed E-state index contributed by atoms with van der Waals surface area (Å²) in [7, 11) is 1.35. The molecule has 1 atom stereocenters. The van der Waals surface area contributed by atoms with Crippen LogP contribution in [0.5, 0.6) is 0 Å². The molecule has 15 heavy (non-hydrogen) atoms. The van der Waals surface area contributed by atoms with E-state index in [0.717, 1.165) is 12.8 Å². The SMILES string of the molecule is COC(=O)C1CCCCN1C(=O)CCCl. The molecule has 0 aromatic rings. The molecule has 4 nitrogen and oxygen atoms in total. The van der Waals surface area contributed by atoms with Gasteiger partial charge in [0.2, 0.25) is 5.91 Å². The maximum absolute atomic E-state index is 11.7. The van der Waals surface area contributed by atoms with Crippen molar-refractivity contribution in [2.75, 3.05) is 19.5 Å². The first kappa shape index (κ1) is 12.3. The van der Waals surface area contributed by atoms with Crippen LogP contribution < -0.4 is 0 Å². The van der Waals surface area contributed by atoms with Crippen LogP contribution in [0.2, 0.25) is 0 Å². The van der Waals surface area contributed by atoms with E-state index in [1.165, 1.54) is 7.11 Å². The number of amides is 1. The Morgan fingerprint density at radius 2 is 2.20 bits per heavy atom. The van der Waals surface area contributed by atoms with Crippen molar-refractivity contribution >= 4 is 23.5 Å². The highest BCUT2D eigenvalue weighted by Crippen LogP contribution is 2.19. The van der Waals surface area contributed by atoms with E-state index in [4.69, 9.17) is 11.6 Å². The number of ether oxygens (including phenoxy) is 1. The van der Waals surface area contributed by atoms with Crippen LogP contribution in [-0.4, -0.2) is 42.4 Å². The van der Waals surface area contributed by atoms with E-state index in [9.17, 15) is 9.59 Å². The molecule has 1 rings (SSSR count). The van der Waals surface area contributed by atoms with Crippen LogP contribution in [0.3, 0.4) is 0 Å². The number of nitrogens with zero attached hydrogens (tertiary/aromatic N) is 1. The summed E-state index contributed by atoms with van der Waals surface area (Å²) in [6.07, 6.45) is 2.89. The lowest BCUT2D eigenvalue weighted by Gasteiger charge is -2.33. The molecule has 0 aromatic carbocycles. The summed E-state index contributed by atoms with van der Waals surface area (Å²) in [5.41, 5.74) is 0. The molecule has 1 amide bonds. The van der Waals surface area contributed by atoms with E-state index in [2.05, 4.69) is 4.74 Å². The molecule has 0 aliphatic carbocycles. The number of piperidine rings is 1. The maximum atomic E-state index is 11.7. The fraction of sp³-hybridized carbons (Fsp3) is 0.800. The first-order chi connectivity index (χ1) is 7.20. The van der Waals surface area contributed by atoms with Gasteiger partial charge in [0.15, 0.2) is 0 Å². The zero-order valence-electron chi connectivity index (χ0n) is 8.87. The van der Waals surface area contributed by atoms with Gasteiger partial charge >= 0.3 is 5.97 Å². The van der Waals surface area contributed by atoms with Gasteiger partial charge in [-0.05, 0) is 19.3 Å². The third-order valence-electron chi connectivity index (χ3n) is 2.60. The van der Waals surface area contributed by atoms with Crippen LogP contribution in [0.4, 0.5) is 0 Å². The Kier molecular flexibility index (Phi) is 4.88. The van der Waals surface area contributed by atoms with Crippen LogP contribution in [0.1, 0.15) is 25.7 Å². The van der Waals surface area contributed by atoms with Crippen molar-refractivity contribution in [3.63, 3.8) is 0 Å². The molecule has 1 fully saturated rings. The number of alkyl halides is 1. The number of hydrogen-bond acceptors (Lipinski definition) is 3. The average Bonchev–Trinajstić information content (AvgIpc) is 2.28. The molecular formula is C10H16ClNO3. The van der Waals surface area contributed by atoms with Gasteiger partial charge in [-0.1, -0.05) is 0 Å². The van der Waals surface area contributed by atoms with E-state index < -0.39 is 6.04 Å². The topological polar surface area (TPSA) is 46.6 Å². The van der Waals surface area contributed by atoms with Gasteiger partial charge in [0.1, 0.15) is 6.04 Å². The van der Waals surface area contributed by atoms with E-state index in [1.54, 1.807) is 4.90 Å². The molecule has 1 aliphatic rings. The number of methoxy groups -OCH3 is 1. The van der Waals surface area contributed by atoms with Gasteiger partial charge in [0, 0.05) is 18.8 Å². The van der Waals surface area contributed by atoms with E-state index in [0.29, 0.717) is 18.8 Å². The highest BCUT2D eigenvalue weighted by molar-refractivity contribution is 6.18. The van der Waals surface area contributed by atoms with Crippen molar-refractivity contribution in [1.82, 2.24) is 4.90 Å². The standard InChI is InChI=1S/C10H16ClNO3/c1-15-10(14)8-4-2-3-7-12(8)9(13)5-6-11/h8H,2-7H2,1H3. The molecule has 0 bridgehead atoms. The van der Waals surface area contributed by atoms with Crippen LogP contribution >= 0.6 is 11.6 Å². The Bertz CT molecular complexity index is 245. The second kappa shape index (κ2) is 5.95. The van der Waals surface area contributed by atoms with Gasteiger partial charge in [-0.25, -0.2) is 4.79 Å². The van der Waals surface area contributed by atoms with Gasteiger partial charge in [-0.2, -0.15) is 0 Å². The minimum absolute atomic E-state index is 0.0555. The number of likely N-dealkylation sites (tertiary alicyclic amines) is 1. The molecule has 5 heteroatoms. The van der Waals surface area contributed by atoms with Crippen LogP contribution in [0.25, 0.3) is 0 Å². The zero-order valence-corrected chi connectivity index (χ0v) is 9.63. The first-order valence-electron chi connectivity index (χ1n) is 5.14. The smallest absolute Gasteiger partial charge is 0.328 e. The number of carbonyl (C=O) groups excluding carboxylic acids is 2. The fourth-order valence-corrected chi connectivity index (χ4v) is 2.00. The summed E-state index contributed by atoms with van der Waals surface area (Å²) < 4.78 is 4.68. The summed E-state index contributed by atoms with van der Waals surface area (Å²) >= 11 is 5.51. The average molecular weight is 234 g/mol. The molecule has 1 saturated heterocycles. The quantitative estimate of drug-likeness (QED) is 0.543. The molecular weight excluding hydrogens is 218 g/mol. The van der Waals surface area contributed by atoms with Crippen LogP contribution in [-0.2, 0) is 14.3 Å². The third-order valence-corrected chi connectivity index (χ3v) is 2.79. The fourth-order valence-electron chi connectivity index (χ4n) is 1.84. The van der Waals surface area contributed by atoms with Gasteiger partial charge in [-0.15, -0.1) is 11.6 Å². The predicted molar refractivity (Wildman–Crippen MR) is 56.7 cm³/mol. The third kappa shape index (κ3) is 3.09. The zero-order chi connectivity index (χ0) is 11.3. The lowest BCUT2D eigenvalue weighted by Crippen LogP contribution is -2.48. The van der Waals surface area contributed by atoms with Gasteiger partial charge in [-0.3, -0.25) is 4.79 Å². The second-order valence-corrected chi connectivity index (χ2v) is 3.94. The minimum atomic E-state index is -0.403. The molecule has 0 aromatic heterocycles. The number of hydrogen-bond donors (Lipinski definition) is 0. The van der Waals surface area contributed by atoms with Crippen molar-refractivity contribution in [2.45, 2.75) is 31.7 Å². The van der Waals surface area contributed by atoms with E-state index >= 15 is 0 Å². The highest BCUT2D eigenvalue weighted by atomic mass is 35.5. The highest BCUT2D eigenvalue weighted by Gasteiger charge is 2.32. The first-order valence-corrected chi connectivity index (χ1v) is 5.67. The molecule has 0 saturated carbocycles. The second-order valence-electron chi connectivity index (χ2n) is 3.56. The molecule has 0 spiro atoms. The number of rotatable bonds is 3. The van der Waals surface area contributed by atoms with Gasteiger partial charge in [0.25, 0.3) is 0 Å². The Balaban J connectivity index is 2.65. The summed E-state index contributed by atoms with van der Waals surface area (Å²) in [5, 5.41) is 0. The predicted octanol–water partition coefficient (Wildman–Crippen LogP) is 1.17. The minimum Gasteiger partial charge on any atom is -0.467 e. The molecule has 0 N–H and O–H groups in total. The lowest BCUT2D eigenvalue weighted by molar-refractivity contribution is -0.154. The molecule has 1 unspecified atom stereocenters. The summed E-state index contributed by atoms with van der Waals surface area (Å²) in [4.78, 5) is 24.7. The Hall–Kier alpha value is -0.770. The summed E-state index contributed by atoms with van der Waals surface area (Å²) in [6, 6.07) is -0.403. The van der Waals surface area contributed by atoms with Gasteiger partial charge < -0.3 is 9.64 Å². The molecule has 1 heterocycles. The Labute approximate surface area is 94.5 Å². The van der Waals surface area contributed by atoms with E-state index in [-0.39, 0.29) is 18.3 Å². The maximum Gasteiger partial charge on any atom is 0.328 e. The largest absolute Gasteiger partial charge is 0.467 e. The number of halogens is 1. The molecule has 86 valence electrons. The van der Waals surface area contributed by atoms with E-state index in [1.807, 2.05) is 0 Å². The molecule has 0 radical (unpaired) electrons. The van der Waals surface area contributed by atoms with Crippen molar-refractivity contribution in [3.05, 3.63) is 0 Å². The van der Waals surface area contributed by atoms with Crippen LogP contribution in [0, 0.1) is 0 Å². The monoisotopic (exact) mass is 233 g/mol. The van der Waals surface area contributed by atoms with Crippen molar-refractivity contribution in [1.29, 1.82) is 0 Å². The lowest BCUT2D eigenvalue weighted by atomic mass is 10.0. The number of esters is 1. The molecule has 1 aliphatic heterocycles. The van der Waals surface area contributed by atoms with Crippen molar-refractivity contribution < 1.29 is 14.3 Å². The van der Waals surface area contributed by atoms with Crippen molar-refractivity contribution in [2.24, 2.45) is 0 Å². The van der Waals surface area contributed by atoms with Crippen molar-refractivity contribution in [3.8, 4) is 0 Å². The number of carbonyl (C=O) groups is 2. The normalized spacial score (nSPS) is 21.2. The summed E-state index contributed by atoms with van der Waals surface area (Å²) in [6.45, 7) is 0.634. The van der Waals surface area contributed by atoms with Crippen LogP contribution in [0.15, 0.2) is 0 Å². The van der Waals surface area contributed by atoms with Gasteiger partial charge in [0.05, 0.1) is 7.11 Å².